The van der Waals surface area contributed by atoms with Gasteiger partial charge in [-0.25, -0.2) is 4.98 Å². The van der Waals surface area contributed by atoms with Crippen molar-refractivity contribution in [1.82, 2.24) is 4.98 Å². The Bertz CT molecular complexity index is 1060. The second kappa shape index (κ2) is 9.25. The van der Waals surface area contributed by atoms with Gasteiger partial charge in [0.1, 0.15) is 22.8 Å². The lowest BCUT2D eigenvalue weighted by atomic mass is 9.92. The Kier molecular flexibility index (Phi) is 6.26. The summed E-state index contributed by atoms with van der Waals surface area (Å²) in [6, 6.07) is 17.2. The van der Waals surface area contributed by atoms with Crippen LogP contribution >= 0.6 is 0 Å². The molecule has 0 spiro atoms. The number of para-hydroxylation sites is 3. The third-order valence-corrected chi connectivity index (χ3v) is 5.60. The Morgan fingerprint density at radius 1 is 1.03 bits per heavy atom. The average Bonchev–Trinajstić information content (AvgIpc) is 2.77. The van der Waals surface area contributed by atoms with Crippen LogP contribution in [0, 0.1) is 11.8 Å². The van der Waals surface area contributed by atoms with E-state index in [1.807, 2.05) is 30.3 Å². The van der Waals surface area contributed by atoms with Crippen molar-refractivity contribution in [3.63, 3.8) is 0 Å². The molecule has 1 fully saturated rings. The molecule has 0 bridgehead atoms. The van der Waals surface area contributed by atoms with Gasteiger partial charge in [0.05, 0.1) is 12.8 Å². The monoisotopic (exact) mass is 419 g/mol. The van der Waals surface area contributed by atoms with Crippen LogP contribution in [0.5, 0.6) is 11.5 Å². The van der Waals surface area contributed by atoms with Crippen molar-refractivity contribution < 1.29 is 14.3 Å². The van der Waals surface area contributed by atoms with Crippen molar-refractivity contribution >= 4 is 28.3 Å². The molecule has 3 aromatic rings. The third-order valence-electron chi connectivity index (χ3n) is 5.60. The number of nitrogens with one attached hydrogen (secondary N) is 1. The van der Waals surface area contributed by atoms with Crippen LogP contribution in [0.3, 0.4) is 0 Å². The minimum absolute atomic E-state index is 0.110. The van der Waals surface area contributed by atoms with Crippen molar-refractivity contribution in [2.24, 2.45) is 11.8 Å². The fourth-order valence-corrected chi connectivity index (χ4v) is 4.33. The molecule has 0 aliphatic carbocycles. The molecule has 162 valence electrons. The van der Waals surface area contributed by atoms with Gasteiger partial charge in [-0.1, -0.05) is 38.1 Å². The summed E-state index contributed by atoms with van der Waals surface area (Å²) >= 11 is 0. The van der Waals surface area contributed by atoms with Crippen LogP contribution in [0.15, 0.2) is 54.6 Å². The minimum Gasteiger partial charge on any atom is -0.495 e. The molecule has 1 amide bonds. The van der Waals surface area contributed by atoms with E-state index in [2.05, 4.69) is 36.2 Å². The fraction of sp³-hybridized carbons (Fsp3) is 0.360. The highest BCUT2D eigenvalue weighted by Gasteiger charge is 2.23. The number of rotatable bonds is 6. The van der Waals surface area contributed by atoms with Crippen molar-refractivity contribution in [3.8, 4) is 11.5 Å². The van der Waals surface area contributed by atoms with Crippen LogP contribution in [0.25, 0.3) is 10.9 Å². The number of carbonyl (C=O) groups is 1. The predicted molar refractivity (Wildman–Crippen MR) is 124 cm³/mol. The molecule has 0 radical (unpaired) electrons. The van der Waals surface area contributed by atoms with E-state index in [9.17, 15) is 4.79 Å². The van der Waals surface area contributed by atoms with E-state index in [1.165, 1.54) is 6.42 Å². The van der Waals surface area contributed by atoms with Gasteiger partial charge < -0.3 is 19.7 Å². The van der Waals surface area contributed by atoms with Gasteiger partial charge in [0, 0.05) is 18.5 Å². The first-order valence-electron chi connectivity index (χ1n) is 10.7. The lowest BCUT2D eigenvalue weighted by Gasteiger charge is -2.35. The number of hydrogen-bond acceptors (Lipinski definition) is 5. The summed E-state index contributed by atoms with van der Waals surface area (Å²) in [4.78, 5) is 19.7. The Morgan fingerprint density at radius 3 is 2.55 bits per heavy atom. The number of hydrogen-bond donors (Lipinski definition) is 1. The molecule has 6 heteroatoms. The smallest absolute Gasteiger partial charge is 0.262 e. The number of nitrogens with zero attached hydrogens (tertiary/aromatic N) is 2. The number of pyridine rings is 1. The van der Waals surface area contributed by atoms with E-state index >= 15 is 0 Å². The molecule has 6 nitrogen and oxygen atoms in total. The molecule has 2 heterocycles. The zero-order chi connectivity index (χ0) is 21.8. The van der Waals surface area contributed by atoms with Gasteiger partial charge in [-0.2, -0.15) is 0 Å². The van der Waals surface area contributed by atoms with Gasteiger partial charge in [0.2, 0.25) is 0 Å². The molecule has 2 aromatic carbocycles. The van der Waals surface area contributed by atoms with Crippen LogP contribution in [-0.2, 0) is 4.79 Å². The van der Waals surface area contributed by atoms with Crippen molar-refractivity contribution in [3.05, 3.63) is 54.6 Å². The van der Waals surface area contributed by atoms with Crippen molar-refractivity contribution in [1.29, 1.82) is 0 Å². The van der Waals surface area contributed by atoms with E-state index < -0.39 is 0 Å². The minimum atomic E-state index is -0.253. The van der Waals surface area contributed by atoms with Crippen LogP contribution < -0.4 is 19.7 Å². The number of aromatic nitrogens is 1. The van der Waals surface area contributed by atoms with E-state index in [1.54, 1.807) is 19.2 Å². The Labute approximate surface area is 183 Å². The second-order valence-electron chi connectivity index (χ2n) is 8.39. The molecular formula is C25H29N3O3. The average molecular weight is 420 g/mol. The van der Waals surface area contributed by atoms with Gasteiger partial charge in [-0.15, -0.1) is 0 Å². The number of fused-ring (bicyclic) bond motifs is 1. The van der Waals surface area contributed by atoms with Crippen LogP contribution in [0.1, 0.15) is 20.3 Å². The van der Waals surface area contributed by atoms with Crippen LogP contribution in [-0.4, -0.2) is 37.7 Å². The molecule has 1 aliphatic rings. The number of benzene rings is 2. The first-order chi connectivity index (χ1) is 15.0. The van der Waals surface area contributed by atoms with Gasteiger partial charge in [-0.3, -0.25) is 4.79 Å². The number of piperidine rings is 1. The highest BCUT2D eigenvalue weighted by atomic mass is 16.5. The Balaban J connectivity index is 1.50. The maximum atomic E-state index is 12.5. The standard InChI is InChI=1S/C25H29N3O3/c1-17-13-18(2)15-28(14-17)23-12-11-19-7-6-10-22(25(19)27-23)31-16-24(29)26-20-8-4-5-9-21(20)30-3/h4-12,17-18H,13-16H2,1-3H3,(H,26,29). The Hall–Kier alpha value is -3.28. The van der Waals surface area contributed by atoms with Crippen molar-refractivity contribution in [2.45, 2.75) is 20.3 Å². The zero-order valence-corrected chi connectivity index (χ0v) is 18.3. The van der Waals surface area contributed by atoms with E-state index in [4.69, 9.17) is 14.5 Å². The molecular weight excluding hydrogens is 390 g/mol. The van der Waals surface area contributed by atoms with Crippen LogP contribution in [0.4, 0.5) is 11.5 Å². The predicted octanol–water partition coefficient (Wildman–Crippen LogP) is 4.74. The topological polar surface area (TPSA) is 63.7 Å². The third kappa shape index (κ3) is 4.90. The van der Waals surface area contributed by atoms with E-state index in [-0.39, 0.29) is 12.5 Å². The second-order valence-corrected chi connectivity index (χ2v) is 8.39. The SMILES string of the molecule is COc1ccccc1NC(=O)COc1cccc2ccc(N3CC(C)CC(C)C3)nc12. The Morgan fingerprint density at radius 2 is 1.77 bits per heavy atom. The molecule has 2 atom stereocenters. The maximum Gasteiger partial charge on any atom is 0.262 e. The lowest BCUT2D eigenvalue weighted by Crippen LogP contribution is -2.39. The summed E-state index contributed by atoms with van der Waals surface area (Å²) < 4.78 is 11.2. The molecule has 1 N–H and O–H groups in total. The largest absolute Gasteiger partial charge is 0.495 e. The summed E-state index contributed by atoms with van der Waals surface area (Å²) in [5, 5.41) is 3.83. The fourth-order valence-electron chi connectivity index (χ4n) is 4.33. The summed E-state index contributed by atoms with van der Waals surface area (Å²) in [6.45, 7) is 6.48. The summed E-state index contributed by atoms with van der Waals surface area (Å²) in [5.74, 6) is 3.21. The quantitative estimate of drug-likeness (QED) is 0.625. The zero-order valence-electron chi connectivity index (χ0n) is 18.3. The van der Waals surface area contributed by atoms with Gasteiger partial charge in [-0.05, 0) is 48.6 Å². The maximum absolute atomic E-state index is 12.5. The molecule has 31 heavy (non-hydrogen) atoms. The highest BCUT2D eigenvalue weighted by molar-refractivity contribution is 5.94. The number of anilines is 2. The number of amides is 1. The lowest BCUT2D eigenvalue weighted by molar-refractivity contribution is -0.118. The molecule has 1 aromatic heterocycles. The van der Waals surface area contributed by atoms with Gasteiger partial charge in [0.15, 0.2) is 6.61 Å². The summed E-state index contributed by atoms with van der Waals surface area (Å²) in [7, 11) is 1.57. The van der Waals surface area contributed by atoms with Crippen LogP contribution in [0.2, 0.25) is 0 Å². The first kappa shape index (κ1) is 21.0. The van der Waals surface area contributed by atoms with Crippen molar-refractivity contribution in [2.75, 3.05) is 37.0 Å². The molecule has 0 saturated carbocycles. The first-order valence-corrected chi connectivity index (χ1v) is 10.7. The highest BCUT2D eigenvalue weighted by Crippen LogP contribution is 2.30. The number of ether oxygens (including phenoxy) is 2. The molecule has 1 saturated heterocycles. The summed E-state index contributed by atoms with van der Waals surface area (Å²) in [6.07, 6.45) is 1.25. The summed E-state index contributed by atoms with van der Waals surface area (Å²) in [5.41, 5.74) is 1.39. The van der Waals surface area contributed by atoms with E-state index in [0.717, 1.165) is 29.8 Å². The van der Waals surface area contributed by atoms with Gasteiger partial charge in [0.25, 0.3) is 5.91 Å². The molecule has 1 aliphatic heterocycles. The number of methoxy groups -OCH3 is 1. The van der Waals surface area contributed by atoms with E-state index in [0.29, 0.717) is 29.0 Å². The molecule has 2 unspecified atom stereocenters. The van der Waals surface area contributed by atoms with Gasteiger partial charge >= 0.3 is 0 Å². The number of carbonyl (C=O) groups excluding carboxylic acids is 1. The normalized spacial score (nSPS) is 18.6. The molecule has 4 rings (SSSR count).